The average molecular weight is 305 g/mol. The minimum Gasteiger partial charge on any atom is -0.399 e. The molecule has 0 amide bonds. The summed E-state index contributed by atoms with van der Waals surface area (Å²) in [6, 6.07) is 9.03. The van der Waals surface area contributed by atoms with Crippen molar-refractivity contribution in [2.75, 3.05) is 18.8 Å². The highest BCUT2D eigenvalue weighted by Crippen LogP contribution is 2.13. The summed E-state index contributed by atoms with van der Waals surface area (Å²) in [4.78, 5) is 2.65. The quantitative estimate of drug-likeness (QED) is 0.421. The molecule has 0 saturated carbocycles. The van der Waals surface area contributed by atoms with Crippen molar-refractivity contribution in [1.82, 2.24) is 4.90 Å². The molecule has 1 aromatic rings. The zero-order valence-electron chi connectivity index (χ0n) is 15.0. The Balaban J connectivity index is 2.20. The molecule has 1 atom stereocenters. The van der Waals surface area contributed by atoms with Crippen LogP contribution in [0.3, 0.4) is 0 Å². The second-order valence-corrected chi connectivity index (χ2v) is 6.53. The highest BCUT2D eigenvalue weighted by molar-refractivity contribution is 5.39. The van der Waals surface area contributed by atoms with Crippen molar-refractivity contribution in [1.29, 1.82) is 0 Å². The van der Waals surface area contributed by atoms with Crippen LogP contribution in [0.15, 0.2) is 24.3 Å². The van der Waals surface area contributed by atoms with Gasteiger partial charge in [-0.05, 0) is 63.4 Å². The molecular weight excluding hydrogens is 268 g/mol. The van der Waals surface area contributed by atoms with E-state index in [-0.39, 0.29) is 0 Å². The highest BCUT2D eigenvalue weighted by atomic mass is 15.1. The molecule has 22 heavy (non-hydrogen) atoms. The predicted molar refractivity (Wildman–Crippen MR) is 99.3 cm³/mol. The van der Waals surface area contributed by atoms with Crippen molar-refractivity contribution in [3.05, 3.63) is 29.8 Å². The lowest BCUT2D eigenvalue weighted by atomic mass is 10.0. The third-order valence-electron chi connectivity index (χ3n) is 4.65. The fourth-order valence-electron chi connectivity index (χ4n) is 3.08. The standard InChI is InChI=1S/C20H36N2/c1-4-6-7-8-9-17-22(5-2)18(3)11-10-12-19-13-15-20(21)16-14-19/h13-16,18H,4-12,17,21H2,1-3H3. The number of aryl methyl sites for hydroxylation is 1. The molecule has 0 aliphatic heterocycles. The minimum atomic E-state index is 0.699. The second kappa shape index (κ2) is 11.5. The first-order valence-electron chi connectivity index (χ1n) is 9.25. The zero-order chi connectivity index (χ0) is 16.2. The van der Waals surface area contributed by atoms with E-state index in [4.69, 9.17) is 5.73 Å². The van der Waals surface area contributed by atoms with Crippen LogP contribution in [-0.4, -0.2) is 24.0 Å². The monoisotopic (exact) mass is 304 g/mol. The van der Waals surface area contributed by atoms with Crippen LogP contribution in [0.1, 0.15) is 71.3 Å². The summed E-state index contributed by atoms with van der Waals surface area (Å²) >= 11 is 0. The van der Waals surface area contributed by atoms with Crippen LogP contribution in [0, 0.1) is 0 Å². The van der Waals surface area contributed by atoms with Crippen molar-refractivity contribution in [2.24, 2.45) is 0 Å². The van der Waals surface area contributed by atoms with E-state index in [9.17, 15) is 0 Å². The Morgan fingerprint density at radius 3 is 2.27 bits per heavy atom. The van der Waals surface area contributed by atoms with Gasteiger partial charge in [-0.15, -0.1) is 0 Å². The lowest BCUT2D eigenvalue weighted by Gasteiger charge is -2.28. The Bertz CT molecular complexity index is 372. The van der Waals surface area contributed by atoms with Crippen LogP contribution in [0.5, 0.6) is 0 Å². The molecule has 0 aliphatic rings. The van der Waals surface area contributed by atoms with Gasteiger partial charge in [0.1, 0.15) is 0 Å². The van der Waals surface area contributed by atoms with Crippen molar-refractivity contribution in [2.45, 2.75) is 78.2 Å². The predicted octanol–water partition coefficient (Wildman–Crippen LogP) is 5.27. The van der Waals surface area contributed by atoms with E-state index in [2.05, 4.69) is 37.8 Å². The van der Waals surface area contributed by atoms with E-state index in [1.165, 1.54) is 70.0 Å². The Morgan fingerprint density at radius 2 is 1.64 bits per heavy atom. The van der Waals surface area contributed by atoms with Crippen LogP contribution in [0.4, 0.5) is 5.69 Å². The summed E-state index contributed by atoms with van der Waals surface area (Å²) in [6.07, 6.45) is 10.6. The number of nitrogens with two attached hydrogens (primary N) is 1. The molecule has 2 N–H and O–H groups in total. The zero-order valence-corrected chi connectivity index (χ0v) is 15.0. The molecule has 126 valence electrons. The van der Waals surface area contributed by atoms with Crippen LogP contribution in [-0.2, 0) is 6.42 Å². The van der Waals surface area contributed by atoms with Gasteiger partial charge in [-0.3, -0.25) is 0 Å². The van der Waals surface area contributed by atoms with Gasteiger partial charge in [-0.2, -0.15) is 0 Å². The number of hydrogen-bond donors (Lipinski definition) is 1. The fourth-order valence-corrected chi connectivity index (χ4v) is 3.08. The minimum absolute atomic E-state index is 0.699. The van der Waals surface area contributed by atoms with E-state index in [1.807, 2.05) is 12.1 Å². The molecular formula is C20H36N2. The number of benzene rings is 1. The molecule has 0 heterocycles. The Labute approximate surface area is 138 Å². The molecule has 0 aliphatic carbocycles. The Kier molecular flexibility index (Phi) is 9.98. The van der Waals surface area contributed by atoms with Crippen LogP contribution in [0.25, 0.3) is 0 Å². The van der Waals surface area contributed by atoms with Crippen molar-refractivity contribution in [3.63, 3.8) is 0 Å². The van der Waals surface area contributed by atoms with E-state index in [0.29, 0.717) is 6.04 Å². The maximum atomic E-state index is 5.73. The van der Waals surface area contributed by atoms with Gasteiger partial charge in [0.15, 0.2) is 0 Å². The molecule has 0 fully saturated rings. The maximum Gasteiger partial charge on any atom is 0.0314 e. The van der Waals surface area contributed by atoms with Gasteiger partial charge >= 0.3 is 0 Å². The van der Waals surface area contributed by atoms with Gasteiger partial charge in [0, 0.05) is 11.7 Å². The van der Waals surface area contributed by atoms with E-state index in [1.54, 1.807) is 0 Å². The normalized spacial score (nSPS) is 12.7. The number of hydrogen-bond acceptors (Lipinski definition) is 2. The van der Waals surface area contributed by atoms with Gasteiger partial charge in [0.2, 0.25) is 0 Å². The summed E-state index contributed by atoms with van der Waals surface area (Å²) in [5.74, 6) is 0. The largest absolute Gasteiger partial charge is 0.399 e. The number of nitrogens with zero attached hydrogens (tertiary/aromatic N) is 1. The third-order valence-corrected chi connectivity index (χ3v) is 4.65. The van der Waals surface area contributed by atoms with E-state index < -0.39 is 0 Å². The first-order valence-corrected chi connectivity index (χ1v) is 9.25. The molecule has 0 aromatic heterocycles. The summed E-state index contributed by atoms with van der Waals surface area (Å²) in [5.41, 5.74) is 8.00. The number of rotatable bonds is 12. The smallest absolute Gasteiger partial charge is 0.0314 e. The molecule has 0 spiro atoms. The SMILES string of the molecule is CCCCCCCN(CC)C(C)CCCc1ccc(N)cc1. The van der Waals surface area contributed by atoms with Gasteiger partial charge in [0.25, 0.3) is 0 Å². The molecule has 0 bridgehead atoms. The van der Waals surface area contributed by atoms with Gasteiger partial charge in [-0.1, -0.05) is 51.7 Å². The van der Waals surface area contributed by atoms with Crippen molar-refractivity contribution >= 4 is 5.69 Å². The molecule has 0 saturated heterocycles. The fraction of sp³-hybridized carbons (Fsp3) is 0.700. The summed E-state index contributed by atoms with van der Waals surface area (Å²) < 4.78 is 0. The third kappa shape index (κ3) is 7.84. The molecule has 2 nitrogen and oxygen atoms in total. The Morgan fingerprint density at radius 1 is 0.955 bits per heavy atom. The molecule has 1 aromatic carbocycles. The molecule has 2 heteroatoms. The lowest BCUT2D eigenvalue weighted by molar-refractivity contribution is 0.203. The first kappa shape index (κ1) is 19.0. The van der Waals surface area contributed by atoms with Gasteiger partial charge < -0.3 is 10.6 Å². The average Bonchev–Trinajstić information content (AvgIpc) is 2.52. The molecule has 1 rings (SSSR count). The van der Waals surface area contributed by atoms with E-state index in [0.717, 1.165) is 5.69 Å². The Hall–Kier alpha value is -1.02. The molecule has 1 unspecified atom stereocenters. The highest BCUT2D eigenvalue weighted by Gasteiger charge is 2.11. The van der Waals surface area contributed by atoms with Crippen LogP contribution < -0.4 is 5.73 Å². The van der Waals surface area contributed by atoms with Crippen LogP contribution in [0.2, 0.25) is 0 Å². The summed E-state index contributed by atoms with van der Waals surface area (Å²) in [6.45, 7) is 9.41. The van der Waals surface area contributed by atoms with Crippen molar-refractivity contribution in [3.8, 4) is 0 Å². The number of unbranched alkanes of at least 4 members (excludes halogenated alkanes) is 4. The van der Waals surface area contributed by atoms with Gasteiger partial charge in [0.05, 0.1) is 0 Å². The van der Waals surface area contributed by atoms with Crippen LogP contribution >= 0.6 is 0 Å². The van der Waals surface area contributed by atoms with E-state index >= 15 is 0 Å². The van der Waals surface area contributed by atoms with Gasteiger partial charge in [-0.25, -0.2) is 0 Å². The lowest BCUT2D eigenvalue weighted by Crippen LogP contribution is -2.33. The summed E-state index contributed by atoms with van der Waals surface area (Å²) in [5, 5.41) is 0. The number of nitrogen functional groups attached to an aromatic ring is 1. The number of anilines is 1. The first-order chi connectivity index (χ1) is 10.7. The topological polar surface area (TPSA) is 29.3 Å². The summed E-state index contributed by atoms with van der Waals surface area (Å²) in [7, 11) is 0. The maximum absolute atomic E-state index is 5.73. The second-order valence-electron chi connectivity index (χ2n) is 6.53. The molecule has 0 radical (unpaired) electrons. The van der Waals surface area contributed by atoms with Crippen molar-refractivity contribution < 1.29 is 0 Å².